The van der Waals surface area contributed by atoms with Crippen molar-refractivity contribution in [2.24, 2.45) is 23.7 Å². The molecule has 0 unspecified atom stereocenters. The third kappa shape index (κ3) is 2.68. The van der Waals surface area contributed by atoms with Gasteiger partial charge in [-0.05, 0) is 37.5 Å². The molecule has 21 heavy (non-hydrogen) atoms. The molecule has 0 heterocycles. The Morgan fingerprint density at radius 3 is 2.38 bits per heavy atom. The topological polar surface area (TPSA) is 34.1 Å². The zero-order valence-electron chi connectivity index (χ0n) is 12.8. The van der Waals surface area contributed by atoms with E-state index in [1.165, 1.54) is 0 Å². The fraction of sp³-hybridized carbons (Fsp3) is 0.579. The molecule has 1 aromatic carbocycles. The van der Waals surface area contributed by atoms with E-state index in [1.54, 1.807) is 0 Å². The molecule has 0 radical (unpaired) electrons. The van der Waals surface area contributed by atoms with Crippen LogP contribution in [0.2, 0.25) is 0 Å². The van der Waals surface area contributed by atoms with Crippen LogP contribution in [0.5, 0.6) is 0 Å². The van der Waals surface area contributed by atoms with E-state index in [1.807, 2.05) is 30.3 Å². The predicted octanol–water partition coefficient (Wildman–Crippen LogP) is 4.29. The van der Waals surface area contributed by atoms with Gasteiger partial charge < -0.3 is 0 Å². The number of unbranched alkanes of at least 4 members (excludes halogenated alkanes) is 1. The maximum absolute atomic E-state index is 12.9. The summed E-state index contributed by atoms with van der Waals surface area (Å²) in [5, 5.41) is 0. The van der Waals surface area contributed by atoms with Crippen molar-refractivity contribution < 1.29 is 9.59 Å². The molecule has 4 atom stereocenters. The molecule has 2 fully saturated rings. The van der Waals surface area contributed by atoms with E-state index >= 15 is 0 Å². The summed E-state index contributed by atoms with van der Waals surface area (Å²) in [4.78, 5) is 25.5. The quantitative estimate of drug-likeness (QED) is 0.730. The van der Waals surface area contributed by atoms with E-state index in [-0.39, 0.29) is 17.6 Å². The second-order valence-corrected chi connectivity index (χ2v) is 6.68. The number of hydrogen-bond acceptors (Lipinski definition) is 2. The molecule has 1 aromatic rings. The second kappa shape index (κ2) is 6.13. The molecule has 2 aliphatic rings. The molecule has 112 valence electrons. The molecule has 0 aromatic heterocycles. The summed E-state index contributed by atoms with van der Waals surface area (Å²) in [7, 11) is 0. The van der Waals surface area contributed by atoms with Crippen LogP contribution in [-0.4, -0.2) is 11.6 Å². The normalized spacial score (nSPS) is 30.5. The van der Waals surface area contributed by atoms with Crippen molar-refractivity contribution >= 4 is 11.6 Å². The van der Waals surface area contributed by atoms with Gasteiger partial charge in [0.05, 0.1) is 0 Å². The van der Waals surface area contributed by atoms with Crippen LogP contribution in [0.3, 0.4) is 0 Å². The molecular formula is C19H24O2. The third-order valence-electron chi connectivity index (χ3n) is 5.43. The van der Waals surface area contributed by atoms with E-state index in [0.717, 1.165) is 37.7 Å². The molecule has 2 nitrogen and oxygen atoms in total. The fourth-order valence-electron chi connectivity index (χ4n) is 4.44. The largest absolute Gasteiger partial charge is 0.299 e. The van der Waals surface area contributed by atoms with Gasteiger partial charge in [-0.15, -0.1) is 0 Å². The minimum absolute atomic E-state index is 0.00278. The summed E-state index contributed by atoms with van der Waals surface area (Å²) >= 11 is 0. The van der Waals surface area contributed by atoms with Crippen LogP contribution < -0.4 is 0 Å². The number of benzene rings is 1. The lowest BCUT2D eigenvalue weighted by Crippen LogP contribution is -2.35. The van der Waals surface area contributed by atoms with Gasteiger partial charge in [-0.1, -0.05) is 43.7 Å². The Morgan fingerprint density at radius 1 is 1.05 bits per heavy atom. The van der Waals surface area contributed by atoms with Crippen LogP contribution in [-0.2, 0) is 4.79 Å². The molecule has 2 heteroatoms. The minimum Gasteiger partial charge on any atom is -0.299 e. The number of ketones is 2. The Morgan fingerprint density at radius 2 is 1.71 bits per heavy atom. The van der Waals surface area contributed by atoms with Crippen molar-refractivity contribution in [3.63, 3.8) is 0 Å². The highest BCUT2D eigenvalue weighted by atomic mass is 16.1. The van der Waals surface area contributed by atoms with Crippen LogP contribution in [0.4, 0.5) is 0 Å². The average Bonchev–Trinajstić information content (AvgIpc) is 3.13. The van der Waals surface area contributed by atoms with Gasteiger partial charge in [-0.3, -0.25) is 9.59 Å². The standard InChI is InChI=1S/C19H24O2/c1-2-3-9-16(20)17-14-10-11-15(12-14)18(17)19(21)13-7-5-4-6-8-13/h4-8,14-15,17-18H,2-3,9-12H2,1H3/t14-,15+,17-,18-/m0/s1. The van der Waals surface area contributed by atoms with Gasteiger partial charge in [-0.25, -0.2) is 0 Å². The second-order valence-electron chi connectivity index (χ2n) is 6.68. The van der Waals surface area contributed by atoms with E-state index in [0.29, 0.717) is 24.0 Å². The monoisotopic (exact) mass is 284 g/mol. The lowest BCUT2D eigenvalue weighted by Gasteiger charge is -2.29. The van der Waals surface area contributed by atoms with Gasteiger partial charge in [0.2, 0.25) is 0 Å². The van der Waals surface area contributed by atoms with Crippen LogP contribution in [0.1, 0.15) is 55.8 Å². The number of hydrogen-bond donors (Lipinski definition) is 0. The van der Waals surface area contributed by atoms with E-state index < -0.39 is 0 Å². The first kappa shape index (κ1) is 14.5. The predicted molar refractivity (Wildman–Crippen MR) is 83.1 cm³/mol. The maximum atomic E-state index is 12.9. The summed E-state index contributed by atoms with van der Waals surface area (Å²) in [5.41, 5.74) is 0.781. The van der Waals surface area contributed by atoms with Crippen molar-refractivity contribution in [3.8, 4) is 0 Å². The zero-order chi connectivity index (χ0) is 14.8. The Balaban J connectivity index is 1.81. The molecule has 0 N–H and O–H groups in total. The van der Waals surface area contributed by atoms with E-state index in [9.17, 15) is 9.59 Å². The number of carbonyl (C=O) groups is 2. The smallest absolute Gasteiger partial charge is 0.166 e. The zero-order valence-corrected chi connectivity index (χ0v) is 12.8. The first-order chi connectivity index (χ1) is 10.2. The molecule has 2 saturated carbocycles. The number of carbonyl (C=O) groups excluding carboxylic acids is 2. The maximum Gasteiger partial charge on any atom is 0.166 e. The van der Waals surface area contributed by atoms with Gasteiger partial charge in [0.1, 0.15) is 5.78 Å². The van der Waals surface area contributed by atoms with Gasteiger partial charge in [0.15, 0.2) is 5.78 Å². The summed E-state index contributed by atoms with van der Waals surface area (Å²) in [6.45, 7) is 2.11. The highest BCUT2D eigenvalue weighted by Gasteiger charge is 2.52. The Kier molecular flexibility index (Phi) is 4.23. The number of Topliss-reactive ketones (excluding diaryl/α,β-unsaturated/α-hetero) is 2. The van der Waals surface area contributed by atoms with Gasteiger partial charge in [0.25, 0.3) is 0 Å². The first-order valence-corrected chi connectivity index (χ1v) is 8.34. The Labute approximate surface area is 126 Å². The molecule has 2 bridgehead atoms. The molecule has 3 rings (SSSR count). The van der Waals surface area contributed by atoms with Crippen LogP contribution >= 0.6 is 0 Å². The van der Waals surface area contributed by atoms with Crippen molar-refractivity contribution in [1.82, 2.24) is 0 Å². The first-order valence-electron chi connectivity index (χ1n) is 8.34. The SMILES string of the molecule is CCCCC(=O)[C@@H]1[C@H]2CC[C@H](C2)[C@@H]1C(=O)c1ccccc1. The van der Waals surface area contributed by atoms with Crippen molar-refractivity contribution in [3.05, 3.63) is 35.9 Å². The highest BCUT2D eigenvalue weighted by Crippen LogP contribution is 2.53. The van der Waals surface area contributed by atoms with Crippen molar-refractivity contribution in [1.29, 1.82) is 0 Å². The number of fused-ring (bicyclic) bond motifs is 2. The lowest BCUT2D eigenvalue weighted by atomic mass is 9.73. The van der Waals surface area contributed by atoms with Crippen molar-refractivity contribution in [2.75, 3.05) is 0 Å². The molecule has 0 amide bonds. The van der Waals surface area contributed by atoms with Gasteiger partial charge in [0, 0.05) is 23.8 Å². The summed E-state index contributed by atoms with van der Waals surface area (Å²) in [6, 6.07) is 9.54. The molecule has 0 aliphatic heterocycles. The Hall–Kier alpha value is -1.44. The summed E-state index contributed by atoms with van der Waals surface area (Å²) in [6.07, 6.45) is 6.02. The fourth-order valence-corrected chi connectivity index (χ4v) is 4.44. The summed E-state index contributed by atoms with van der Waals surface area (Å²) < 4.78 is 0. The lowest BCUT2D eigenvalue weighted by molar-refractivity contribution is -0.125. The van der Waals surface area contributed by atoms with Crippen LogP contribution in [0.25, 0.3) is 0 Å². The molecule has 0 saturated heterocycles. The van der Waals surface area contributed by atoms with Gasteiger partial charge >= 0.3 is 0 Å². The van der Waals surface area contributed by atoms with Crippen LogP contribution in [0.15, 0.2) is 30.3 Å². The average molecular weight is 284 g/mol. The minimum atomic E-state index is -0.0458. The van der Waals surface area contributed by atoms with Crippen molar-refractivity contribution in [2.45, 2.75) is 45.4 Å². The highest BCUT2D eigenvalue weighted by molar-refractivity contribution is 6.01. The molecule has 2 aliphatic carbocycles. The van der Waals surface area contributed by atoms with E-state index in [2.05, 4.69) is 6.92 Å². The molecular weight excluding hydrogens is 260 g/mol. The molecule has 0 spiro atoms. The van der Waals surface area contributed by atoms with Gasteiger partial charge in [-0.2, -0.15) is 0 Å². The third-order valence-corrected chi connectivity index (χ3v) is 5.43. The van der Waals surface area contributed by atoms with Crippen LogP contribution in [0, 0.1) is 23.7 Å². The summed E-state index contributed by atoms with van der Waals surface area (Å²) in [5.74, 6) is 1.42. The Bertz CT molecular complexity index is 520. The van der Waals surface area contributed by atoms with E-state index in [4.69, 9.17) is 0 Å². The number of rotatable bonds is 6.